The normalized spacial score (nSPS) is 20.2. The van der Waals surface area contributed by atoms with Crippen LogP contribution in [0.2, 0.25) is 0 Å². The van der Waals surface area contributed by atoms with Gasteiger partial charge >= 0.3 is 5.97 Å². The highest BCUT2D eigenvalue weighted by molar-refractivity contribution is 7.22. The number of anilines is 1. The first-order valence-electron chi connectivity index (χ1n) is 13.7. The number of benzene rings is 3. The van der Waals surface area contributed by atoms with E-state index in [1.807, 2.05) is 60.7 Å². The van der Waals surface area contributed by atoms with Crippen LogP contribution in [-0.4, -0.2) is 61.0 Å². The van der Waals surface area contributed by atoms with E-state index in [0.717, 1.165) is 47.0 Å². The molecule has 1 fully saturated rings. The standard InChI is InChI=1S/C31H33N3O5S/c1-3-14-33(31-32-24-6-4-5-7-27(24)40-31)15-16-34-18-23(21-10-13-25-26(17-21)39-19-38-25)28(30(35)36)29(34)20-8-11-22(37-2)12-9-20/h4-13,17,23,28-29H,3,14-16,18-19H2,1-2H3,(H,35,36). The summed E-state index contributed by atoms with van der Waals surface area (Å²) < 4.78 is 17.7. The number of methoxy groups -OCH3 is 1. The largest absolute Gasteiger partial charge is 0.497 e. The molecule has 0 amide bonds. The topological polar surface area (TPSA) is 84.4 Å². The van der Waals surface area contributed by atoms with E-state index in [-0.39, 0.29) is 18.8 Å². The number of aliphatic carboxylic acids is 1. The second-order valence-corrected chi connectivity index (χ2v) is 11.3. The van der Waals surface area contributed by atoms with Crippen molar-refractivity contribution in [1.82, 2.24) is 9.88 Å². The SMILES string of the molecule is CCCN(CCN1CC(c2ccc3c(c2)OCO3)C(C(=O)O)C1c1ccc(OC)cc1)c1nc2ccccc2s1. The molecule has 2 aliphatic heterocycles. The van der Waals surface area contributed by atoms with Crippen molar-refractivity contribution < 1.29 is 24.1 Å². The molecule has 8 nitrogen and oxygen atoms in total. The summed E-state index contributed by atoms with van der Waals surface area (Å²) in [5, 5.41) is 11.6. The van der Waals surface area contributed by atoms with Crippen molar-refractivity contribution in [2.45, 2.75) is 25.3 Å². The lowest BCUT2D eigenvalue weighted by Gasteiger charge is -2.30. The number of hydrogen-bond donors (Lipinski definition) is 1. The van der Waals surface area contributed by atoms with Gasteiger partial charge in [0, 0.05) is 38.1 Å². The fourth-order valence-corrected chi connectivity index (χ4v) is 6.97. The number of carboxylic acids is 1. The number of carboxylic acid groups (broad SMARTS) is 1. The molecule has 1 saturated heterocycles. The van der Waals surface area contributed by atoms with Gasteiger partial charge in [-0.3, -0.25) is 9.69 Å². The molecule has 4 aromatic rings. The highest BCUT2D eigenvalue weighted by Crippen LogP contribution is 2.48. The monoisotopic (exact) mass is 559 g/mol. The van der Waals surface area contributed by atoms with E-state index < -0.39 is 11.9 Å². The Hall–Kier alpha value is -3.82. The van der Waals surface area contributed by atoms with Gasteiger partial charge in [0.15, 0.2) is 16.6 Å². The molecule has 2 aliphatic rings. The van der Waals surface area contributed by atoms with Gasteiger partial charge in [0.05, 0.1) is 23.2 Å². The Balaban J connectivity index is 1.32. The van der Waals surface area contributed by atoms with Crippen LogP contribution in [0.3, 0.4) is 0 Å². The maximum Gasteiger partial charge on any atom is 0.309 e. The molecule has 9 heteroatoms. The Kier molecular flexibility index (Phi) is 7.49. The van der Waals surface area contributed by atoms with Crippen LogP contribution in [0.1, 0.15) is 36.4 Å². The molecule has 0 bridgehead atoms. The van der Waals surface area contributed by atoms with Gasteiger partial charge in [-0.25, -0.2) is 4.98 Å². The van der Waals surface area contributed by atoms with E-state index in [9.17, 15) is 9.90 Å². The summed E-state index contributed by atoms with van der Waals surface area (Å²) in [6, 6.07) is 21.5. The van der Waals surface area contributed by atoms with Crippen LogP contribution in [0.15, 0.2) is 66.7 Å². The molecule has 0 spiro atoms. The zero-order chi connectivity index (χ0) is 27.6. The molecule has 1 N–H and O–H groups in total. The summed E-state index contributed by atoms with van der Waals surface area (Å²) in [5.41, 5.74) is 2.93. The van der Waals surface area contributed by atoms with E-state index in [0.29, 0.717) is 24.6 Å². The van der Waals surface area contributed by atoms with Crippen molar-refractivity contribution in [3.63, 3.8) is 0 Å². The van der Waals surface area contributed by atoms with Crippen molar-refractivity contribution in [1.29, 1.82) is 0 Å². The molecule has 3 heterocycles. The van der Waals surface area contributed by atoms with E-state index in [4.69, 9.17) is 19.2 Å². The van der Waals surface area contributed by atoms with Gasteiger partial charge in [-0.2, -0.15) is 0 Å². The molecule has 3 atom stereocenters. The predicted molar refractivity (Wildman–Crippen MR) is 156 cm³/mol. The van der Waals surface area contributed by atoms with Gasteiger partial charge in [0.1, 0.15) is 5.75 Å². The zero-order valence-electron chi connectivity index (χ0n) is 22.7. The Morgan fingerprint density at radius 3 is 2.60 bits per heavy atom. The lowest BCUT2D eigenvalue weighted by atomic mass is 9.82. The second kappa shape index (κ2) is 11.3. The Bertz CT molecular complexity index is 1460. The minimum atomic E-state index is -0.803. The van der Waals surface area contributed by atoms with Crippen molar-refractivity contribution in [3.8, 4) is 17.2 Å². The summed E-state index contributed by atoms with van der Waals surface area (Å²) in [6.07, 6.45) is 0.995. The maximum atomic E-state index is 12.9. The highest BCUT2D eigenvalue weighted by Gasteiger charge is 2.47. The van der Waals surface area contributed by atoms with Crippen LogP contribution >= 0.6 is 11.3 Å². The van der Waals surface area contributed by atoms with Gasteiger partial charge in [0.2, 0.25) is 6.79 Å². The van der Waals surface area contributed by atoms with Gasteiger partial charge in [-0.1, -0.05) is 48.6 Å². The van der Waals surface area contributed by atoms with Crippen LogP contribution in [-0.2, 0) is 4.79 Å². The minimum Gasteiger partial charge on any atom is -0.497 e. The third kappa shape index (κ3) is 5.07. The number of nitrogens with zero attached hydrogens (tertiary/aromatic N) is 3. The molecule has 40 heavy (non-hydrogen) atoms. The fourth-order valence-electron chi connectivity index (χ4n) is 5.96. The summed E-state index contributed by atoms with van der Waals surface area (Å²) >= 11 is 1.71. The van der Waals surface area contributed by atoms with Gasteiger partial charge in [-0.15, -0.1) is 0 Å². The predicted octanol–water partition coefficient (Wildman–Crippen LogP) is 5.79. The molecule has 3 aromatic carbocycles. The fraction of sp³-hybridized carbons (Fsp3) is 0.355. The number of carbonyl (C=O) groups is 1. The first kappa shape index (κ1) is 26.4. The van der Waals surface area contributed by atoms with Crippen LogP contribution in [0, 0.1) is 5.92 Å². The third-order valence-electron chi connectivity index (χ3n) is 7.87. The second-order valence-electron chi connectivity index (χ2n) is 10.2. The molecule has 6 rings (SSSR count). The van der Waals surface area contributed by atoms with Crippen LogP contribution in [0.4, 0.5) is 5.13 Å². The molecule has 0 radical (unpaired) electrons. The van der Waals surface area contributed by atoms with Crippen LogP contribution in [0.5, 0.6) is 17.2 Å². The van der Waals surface area contributed by atoms with Gasteiger partial charge < -0.3 is 24.2 Å². The maximum absolute atomic E-state index is 12.9. The molecule has 3 unspecified atom stereocenters. The van der Waals surface area contributed by atoms with Crippen molar-refractivity contribution in [3.05, 3.63) is 77.9 Å². The molecule has 1 aromatic heterocycles. The number of likely N-dealkylation sites (tertiary alicyclic amines) is 1. The van der Waals surface area contributed by atoms with Crippen LogP contribution < -0.4 is 19.1 Å². The average Bonchev–Trinajstić information content (AvgIpc) is 3.71. The summed E-state index contributed by atoms with van der Waals surface area (Å²) in [7, 11) is 1.64. The summed E-state index contributed by atoms with van der Waals surface area (Å²) in [5.74, 6) is 0.478. The molecule has 0 saturated carbocycles. The summed E-state index contributed by atoms with van der Waals surface area (Å²) in [4.78, 5) is 22.5. The van der Waals surface area contributed by atoms with Crippen molar-refractivity contribution >= 4 is 32.7 Å². The molecule has 208 valence electrons. The van der Waals surface area contributed by atoms with E-state index in [1.165, 1.54) is 4.70 Å². The molecular formula is C31H33N3O5S. The summed E-state index contributed by atoms with van der Waals surface area (Å²) in [6.45, 7) is 5.32. The quantitative estimate of drug-likeness (QED) is 0.261. The number of hydrogen-bond acceptors (Lipinski definition) is 8. The lowest BCUT2D eigenvalue weighted by Crippen LogP contribution is -2.37. The number of rotatable bonds is 10. The highest BCUT2D eigenvalue weighted by atomic mass is 32.1. The number of para-hydroxylation sites is 1. The first-order valence-corrected chi connectivity index (χ1v) is 14.5. The van der Waals surface area contributed by atoms with Gasteiger partial charge in [-0.05, 0) is 53.9 Å². The Labute approximate surface area is 237 Å². The number of fused-ring (bicyclic) bond motifs is 2. The van der Waals surface area contributed by atoms with Crippen LogP contribution in [0.25, 0.3) is 10.2 Å². The van der Waals surface area contributed by atoms with E-state index >= 15 is 0 Å². The number of aromatic nitrogens is 1. The lowest BCUT2D eigenvalue weighted by molar-refractivity contribution is -0.143. The Morgan fingerprint density at radius 1 is 1.07 bits per heavy atom. The van der Waals surface area contributed by atoms with E-state index in [1.54, 1.807) is 18.4 Å². The zero-order valence-corrected chi connectivity index (χ0v) is 23.5. The third-order valence-corrected chi connectivity index (χ3v) is 8.97. The Morgan fingerprint density at radius 2 is 1.85 bits per heavy atom. The van der Waals surface area contributed by atoms with Gasteiger partial charge in [0.25, 0.3) is 0 Å². The first-order chi connectivity index (χ1) is 19.6. The molecular weight excluding hydrogens is 526 g/mol. The smallest absolute Gasteiger partial charge is 0.309 e. The van der Waals surface area contributed by atoms with Crippen molar-refractivity contribution in [2.24, 2.45) is 5.92 Å². The van der Waals surface area contributed by atoms with E-state index in [2.05, 4.69) is 22.8 Å². The average molecular weight is 560 g/mol. The molecule has 0 aliphatic carbocycles. The number of ether oxygens (including phenoxy) is 3. The number of thiazole rings is 1. The van der Waals surface area contributed by atoms with Crippen molar-refractivity contribution in [2.75, 3.05) is 45.0 Å². The minimum absolute atomic E-state index is 0.186.